The number of benzene rings is 1. The minimum Gasteiger partial charge on any atom is -0.492 e. The summed E-state index contributed by atoms with van der Waals surface area (Å²) in [7, 11) is 0. The molecular weight excluding hydrogens is 312 g/mol. The van der Waals surface area contributed by atoms with Gasteiger partial charge < -0.3 is 9.47 Å². The van der Waals surface area contributed by atoms with Crippen LogP contribution in [0.4, 0.5) is 0 Å². The third-order valence-corrected chi connectivity index (χ3v) is 4.13. The van der Waals surface area contributed by atoms with E-state index in [1.807, 2.05) is 12.1 Å². The first-order valence-electron chi connectivity index (χ1n) is 9.70. The molecule has 140 valence electrons. The fourth-order valence-corrected chi connectivity index (χ4v) is 2.54. The maximum atomic E-state index is 12.7. The Kier molecular flexibility index (Phi) is 10.9. The minimum atomic E-state index is 0.145. The Morgan fingerprint density at radius 2 is 1.72 bits per heavy atom. The zero-order chi connectivity index (χ0) is 18.5. The van der Waals surface area contributed by atoms with Crippen LogP contribution >= 0.6 is 0 Å². The van der Waals surface area contributed by atoms with E-state index in [1.165, 1.54) is 0 Å². The van der Waals surface area contributed by atoms with Crippen molar-refractivity contribution in [3.05, 3.63) is 35.4 Å². The molecule has 3 nitrogen and oxygen atoms in total. The summed E-state index contributed by atoms with van der Waals surface area (Å²) in [6.45, 7) is 12.0. The topological polar surface area (TPSA) is 35.5 Å². The molecule has 1 aromatic rings. The Labute approximate surface area is 153 Å². The Balaban J connectivity index is 3.10. The van der Waals surface area contributed by atoms with E-state index in [2.05, 4.69) is 27.4 Å². The largest absolute Gasteiger partial charge is 0.492 e. The fourth-order valence-electron chi connectivity index (χ4n) is 2.54. The van der Waals surface area contributed by atoms with E-state index in [-0.39, 0.29) is 5.78 Å². The van der Waals surface area contributed by atoms with Gasteiger partial charge in [0.25, 0.3) is 0 Å². The van der Waals surface area contributed by atoms with Crippen LogP contribution in [0.3, 0.4) is 0 Å². The summed E-state index contributed by atoms with van der Waals surface area (Å²) in [6.07, 6.45) is 8.41. The SMILES string of the molecule is C=Cc1cc(COCCCC)c(OCCCC)c(C(=O)CCCC)c1. The molecular formula is C22H34O3. The van der Waals surface area contributed by atoms with Crippen LogP contribution in [0.2, 0.25) is 0 Å². The number of ketones is 1. The highest BCUT2D eigenvalue weighted by molar-refractivity contribution is 5.99. The maximum absolute atomic E-state index is 12.7. The van der Waals surface area contributed by atoms with Crippen molar-refractivity contribution >= 4 is 11.9 Å². The van der Waals surface area contributed by atoms with Gasteiger partial charge in [0, 0.05) is 18.6 Å². The lowest BCUT2D eigenvalue weighted by Gasteiger charge is -2.17. The van der Waals surface area contributed by atoms with Gasteiger partial charge in [-0.1, -0.05) is 52.7 Å². The number of Topliss-reactive ketones (excluding diaryl/α,β-unsaturated/α-hetero) is 1. The molecule has 0 bridgehead atoms. The molecule has 0 atom stereocenters. The third-order valence-electron chi connectivity index (χ3n) is 4.13. The van der Waals surface area contributed by atoms with Crippen LogP contribution in [-0.4, -0.2) is 19.0 Å². The lowest BCUT2D eigenvalue weighted by Crippen LogP contribution is -2.09. The predicted octanol–water partition coefficient (Wildman–Crippen LogP) is 6.20. The van der Waals surface area contributed by atoms with Crippen molar-refractivity contribution in [2.24, 2.45) is 0 Å². The summed E-state index contributed by atoms with van der Waals surface area (Å²) < 4.78 is 11.8. The molecule has 0 heterocycles. The summed E-state index contributed by atoms with van der Waals surface area (Å²) in [6, 6.07) is 3.93. The van der Waals surface area contributed by atoms with E-state index in [4.69, 9.17) is 9.47 Å². The van der Waals surface area contributed by atoms with Crippen LogP contribution in [0.5, 0.6) is 5.75 Å². The molecule has 0 aliphatic carbocycles. The quantitative estimate of drug-likeness (QED) is 0.297. The Hall–Kier alpha value is -1.61. The normalized spacial score (nSPS) is 10.7. The summed E-state index contributed by atoms with van der Waals surface area (Å²) in [5, 5.41) is 0. The Morgan fingerprint density at radius 1 is 1.04 bits per heavy atom. The fraction of sp³-hybridized carbons (Fsp3) is 0.591. The maximum Gasteiger partial charge on any atom is 0.166 e. The minimum absolute atomic E-state index is 0.145. The highest BCUT2D eigenvalue weighted by Gasteiger charge is 2.18. The van der Waals surface area contributed by atoms with Crippen LogP contribution in [-0.2, 0) is 11.3 Å². The first kappa shape index (κ1) is 21.4. The summed E-state index contributed by atoms with van der Waals surface area (Å²) in [4.78, 5) is 12.7. The molecule has 1 aromatic carbocycles. The van der Waals surface area contributed by atoms with E-state index in [0.717, 1.165) is 56.3 Å². The number of carbonyl (C=O) groups is 1. The average molecular weight is 347 g/mol. The number of ether oxygens (including phenoxy) is 2. The molecule has 0 radical (unpaired) electrons. The van der Waals surface area contributed by atoms with Gasteiger partial charge in [0.15, 0.2) is 5.78 Å². The molecule has 25 heavy (non-hydrogen) atoms. The van der Waals surface area contributed by atoms with Crippen molar-refractivity contribution in [3.8, 4) is 5.75 Å². The van der Waals surface area contributed by atoms with Crippen molar-refractivity contribution in [2.75, 3.05) is 13.2 Å². The number of unbranched alkanes of at least 4 members (excludes halogenated alkanes) is 3. The van der Waals surface area contributed by atoms with Gasteiger partial charge in [0.2, 0.25) is 0 Å². The van der Waals surface area contributed by atoms with Gasteiger partial charge in [-0.25, -0.2) is 0 Å². The second-order valence-electron chi connectivity index (χ2n) is 6.40. The van der Waals surface area contributed by atoms with Crippen LogP contribution in [0.15, 0.2) is 18.7 Å². The predicted molar refractivity (Wildman–Crippen MR) is 105 cm³/mol. The van der Waals surface area contributed by atoms with Crippen molar-refractivity contribution in [1.29, 1.82) is 0 Å². The first-order valence-corrected chi connectivity index (χ1v) is 9.70. The van der Waals surface area contributed by atoms with E-state index < -0.39 is 0 Å². The zero-order valence-corrected chi connectivity index (χ0v) is 16.2. The van der Waals surface area contributed by atoms with Gasteiger partial charge in [0.05, 0.1) is 18.8 Å². The van der Waals surface area contributed by atoms with Crippen molar-refractivity contribution < 1.29 is 14.3 Å². The van der Waals surface area contributed by atoms with Gasteiger partial charge in [-0.3, -0.25) is 4.79 Å². The van der Waals surface area contributed by atoms with Gasteiger partial charge in [-0.15, -0.1) is 0 Å². The molecule has 0 saturated carbocycles. The number of hydrogen-bond donors (Lipinski definition) is 0. The van der Waals surface area contributed by atoms with Crippen LogP contribution in [0.25, 0.3) is 6.08 Å². The first-order chi connectivity index (χ1) is 12.2. The van der Waals surface area contributed by atoms with Gasteiger partial charge in [0.1, 0.15) is 5.75 Å². The monoisotopic (exact) mass is 346 g/mol. The van der Waals surface area contributed by atoms with E-state index in [0.29, 0.717) is 30.9 Å². The molecule has 0 unspecified atom stereocenters. The van der Waals surface area contributed by atoms with Crippen molar-refractivity contribution in [1.82, 2.24) is 0 Å². The van der Waals surface area contributed by atoms with Crippen LogP contribution in [0.1, 0.15) is 87.2 Å². The average Bonchev–Trinajstić information content (AvgIpc) is 2.63. The molecule has 0 saturated heterocycles. The van der Waals surface area contributed by atoms with Crippen molar-refractivity contribution in [2.45, 2.75) is 72.3 Å². The van der Waals surface area contributed by atoms with Gasteiger partial charge >= 0.3 is 0 Å². The molecule has 0 fully saturated rings. The van der Waals surface area contributed by atoms with Crippen LogP contribution < -0.4 is 4.74 Å². The Bertz CT molecular complexity index is 534. The third kappa shape index (κ3) is 7.43. The molecule has 3 heteroatoms. The van der Waals surface area contributed by atoms with E-state index >= 15 is 0 Å². The second-order valence-corrected chi connectivity index (χ2v) is 6.40. The van der Waals surface area contributed by atoms with Gasteiger partial charge in [-0.05, 0) is 37.0 Å². The van der Waals surface area contributed by atoms with Crippen molar-refractivity contribution in [3.63, 3.8) is 0 Å². The molecule has 1 rings (SSSR count). The smallest absolute Gasteiger partial charge is 0.166 e. The number of carbonyl (C=O) groups excluding carboxylic acids is 1. The highest BCUT2D eigenvalue weighted by Crippen LogP contribution is 2.29. The second kappa shape index (κ2) is 12.7. The molecule has 0 aliphatic heterocycles. The molecule has 0 amide bonds. The van der Waals surface area contributed by atoms with E-state index in [9.17, 15) is 4.79 Å². The number of hydrogen-bond acceptors (Lipinski definition) is 3. The molecule has 0 spiro atoms. The Morgan fingerprint density at radius 3 is 2.36 bits per heavy atom. The zero-order valence-electron chi connectivity index (χ0n) is 16.2. The lowest BCUT2D eigenvalue weighted by molar-refractivity contribution is 0.0972. The summed E-state index contributed by atoms with van der Waals surface area (Å²) >= 11 is 0. The molecule has 0 aliphatic rings. The summed E-state index contributed by atoms with van der Waals surface area (Å²) in [5.74, 6) is 0.850. The molecule has 0 N–H and O–H groups in total. The number of rotatable bonds is 14. The van der Waals surface area contributed by atoms with Gasteiger partial charge in [-0.2, -0.15) is 0 Å². The summed E-state index contributed by atoms with van der Waals surface area (Å²) in [5.41, 5.74) is 2.57. The highest BCUT2D eigenvalue weighted by atomic mass is 16.5. The lowest BCUT2D eigenvalue weighted by atomic mass is 9.98. The standard InChI is InChI=1S/C22H34O3/c1-5-9-12-21(23)20-16-18(8-4)15-19(17-24-13-10-6-2)22(20)25-14-11-7-3/h8,15-16H,4-7,9-14,17H2,1-3H3. The van der Waals surface area contributed by atoms with Crippen LogP contribution in [0, 0.1) is 0 Å². The van der Waals surface area contributed by atoms with E-state index in [1.54, 1.807) is 6.08 Å². The molecule has 0 aromatic heterocycles.